The van der Waals surface area contributed by atoms with Crippen LogP contribution in [0.3, 0.4) is 0 Å². The lowest BCUT2D eigenvalue weighted by Crippen LogP contribution is -2.49. The Bertz CT molecular complexity index is 647. The molecule has 2 aliphatic rings. The fourth-order valence-electron chi connectivity index (χ4n) is 3.76. The van der Waals surface area contributed by atoms with E-state index in [1.165, 1.54) is 5.56 Å². The molecule has 24 heavy (non-hydrogen) atoms. The van der Waals surface area contributed by atoms with Crippen molar-refractivity contribution in [2.75, 3.05) is 19.8 Å². The Morgan fingerprint density at radius 2 is 2.08 bits per heavy atom. The van der Waals surface area contributed by atoms with Crippen molar-refractivity contribution < 1.29 is 9.47 Å². The summed E-state index contributed by atoms with van der Waals surface area (Å²) in [5.74, 6) is 0. The number of benzene rings is 1. The summed E-state index contributed by atoms with van der Waals surface area (Å²) in [6.07, 6.45) is 7.47. The quantitative estimate of drug-likeness (QED) is 0.931. The third-order valence-corrected chi connectivity index (χ3v) is 5.14. The number of rotatable bonds is 4. The molecule has 3 heterocycles. The van der Waals surface area contributed by atoms with Crippen LogP contribution in [-0.4, -0.2) is 46.2 Å². The van der Waals surface area contributed by atoms with Gasteiger partial charge in [0.05, 0.1) is 11.3 Å². The van der Waals surface area contributed by atoms with Crippen LogP contribution < -0.4 is 5.32 Å². The molecule has 0 amide bonds. The molecule has 2 aromatic rings. The molecular weight excluding hydrogens is 304 g/mol. The van der Waals surface area contributed by atoms with Crippen molar-refractivity contribution in [3.05, 3.63) is 42.5 Å². The fraction of sp³-hybridized carbons (Fsp3) is 0.556. The van der Waals surface area contributed by atoms with E-state index in [9.17, 15) is 0 Å². The van der Waals surface area contributed by atoms with Crippen LogP contribution in [0.1, 0.15) is 31.2 Å². The molecule has 2 saturated heterocycles. The number of nitrogens with one attached hydrogen (secondary N) is 1. The van der Waals surface area contributed by atoms with Gasteiger partial charge in [0.25, 0.3) is 0 Å². The second-order valence-corrected chi connectivity index (χ2v) is 6.68. The molecule has 0 aliphatic carbocycles. The van der Waals surface area contributed by atoms with Gasteiger partial charge in [0, 0.05) is 32.4 Å². The van der Waals surface area contributed by atoms with Gasteiger partial charge in [-0.2, -0.15) is 5.10 Å². The van der Waals surface area contributed by atoms with Gasteiger partial charge in [0.2, 0.25) is 0 Å². The summed E-state index contributed by atoms with van der Waals surface area (Å²) >= 11 is 0. The van der Waals surface area contributed by atoms with Gasteiger partial charge in [-0.15, -0.1) is 0 Å². The predicted octanol–water partition coefficient (Wildman–Crippen LogP) is 2.09. The first-order valence-electron chi connectivity index (χ1n) is 8.73. The van der Waals surface area contributed by atoms with Crippen LogP contribution in [0.2, 0.25) is 0 Å². The smallest absolute Gasteiger partial charge is 0.138 e. The summed E-state index contributed by atoms with van der Waals surface area (Å²) in [5.41, 5.74) is 2.34. The number of para-hydroxylation sites is 1. The lowest BCUT2D eigenvalue weighted by atomic mass is 9.84. The molecule has 4 rings (SSSR count). The monoisotopic (exact) mass is 328 g/mol. The van der Waals surface area contributed by atoms with Gasteiger partial charge >= 0.3 is 0 Å². The Kier molecular flexibility index (Phi) is 4.60. The Morgan fingerprint density at radius 1 is 1.21 bits per heavy atom. The third kappa shape index (κ3) is 3.36. The van der Waals surface area contributed by atoms with Gasteiger partial charge in [-0.05, 0) is 37.3 Å². The summed E-state index contributed by atoms with van der Waals surface area (Å²) in [6.45, 7) is 3.30. The maximum Gasteiger partial charge on any atom is 0.138 e. The van der Waals surface area contributed by atoms with E-state index in [4.69, 9.17) is 9.47 Å². The number of nitrogens with zero attached hydrogens (tertiary/aromatic N) is 3. The maximum atomic E-state index is 6.13. The second kappa shape index (κ2) is 7.01. The zero-order chi connectivity index (χ0) is 16.2. The fourth-order valence-corrected chi connectivity index (χ4v) is 3.76. The van der Waals surface area contributed by atoms with Gasteiger partial charge in [-0.25, -0.2) is 9.67 Å². The predicted molar refractivity (Wildman–Crippen MR) is 90.0 cm³/mol. The highest BCUT2D eigenvalue weighted by molar-refractivity contribution is 5.39. The maximum absolute atomic E-state index is 6.13. The first kappa shape index (κ1) is 15.7. The van der Waals surface area contributed by atoms with Crippen molar-refractivity contribution in [2.45, 2.75) is 43.9 Å². The minimum atomic E-state index is 0.0274. The molecule has 1 spiro atoms. The van der Waals surface area contributed by atoms with Crippen LogP contribution in [0.5, 0.6) is 0 Å². The van der Waals surface area contributed by atoms with Gasteiger partial charge in [0.15, 0.2) is 0 Å². The summed E-state index contributed by atoms with van der Waals surface area (Å²) < 4.78 is 13.5. The highest BCUT2D eigenvalue weighted by atomic mass is 16.5. The van der Waals surface area contributed by atoms with E-state index in [0.717, 1.165) is 57.7 Å². The third-order valence-electron chi connectivity index (χ3n) is 5.14. The Hall–Kier alpha value is -1.76. The first-order valence-corrected chi connectivity index (χ1v) is 8.73. The number of ether oxygens (including phenoxy) is 2. The van der Waals surface area contributed by atoms with Gasteiger partial charge in [-0.1, -0.05) is 18.2 Å². The second-order valence-electron chi connectivity index (χ2n) is 6.68. The highest BCUT2D eigenvalue weighted by Gasteiger charge is 2.38. The van der Waals surface area contributed by atoms with E-state index in [1.807, 2.05) is 10.7 Å². The molecule has 0 unspecified atom stereocenters. The molecule has 0 saturated carbocycles. The number of aromatic nitrogens is 3. The minimum Gasteiger partial charge on any atom is -0.381 e. The Balaban J connectivity index is 1.42. The average molecular weight is 328 g/mol. The molecule has 6 nitrogen and oxygen atoms in total. The van der Waals surface area contributed by atoms with Gasteiger partial charge in [-0.3, -0.25) is 0 Å². The number of hydrogen-bond acceptors (Lipinski definition) is 5. The molecule has 6 heteroatoms. The van der Waals surface area contributed by atoms with Crippen LogP contribution in [-0.2, 0) is 16.0 Å². The summed E-state index contributed by atoms with van der Waals surface area (Å²) in [4.78, 5) is 4.05. The van der Waals surface area contributed by atoms with Crippen LogP contribution >= 0.6 is 0 Å². The van der Waals surface area contributed by atoms with Crippen molar-refractivity contribution in [3.63, 3.8) is 0 Å². The molecule has 1 aromatic carbocycles. The summed E-state index contributed by atoms with van der Waals surface area (Å²) in [6, 6.07) is 8.82. The average Bonchev–Trinajstić information content (AvgIpc) is 3.15. The molecule has 2 aliphatic heterocycles. The van der Waals surface area contributed by atoms with Gasteiger partial charge in [0.1, 0.15) is 12.7 Å². The van der Waals surface area contributed by atoms with Crippen molar-refractivity contribution in [2.24, 2.45) is 0 Å². The topological polar surface area (TPSA) is 61.2 Å². The zero-order valence-corrected chi connectivity index (χ0v) is 13.9. The van der Waals surface area contributed by atoms with Gasteiger partial charge < -0.3 is 14.8 Å². The van der Waals surface area contributed by atoms with E-state index < -0.39 is 0 Å². The van der Waals surface area contributed by atoms with Crippen LogP contribution in [0.25, 0.3) is 5.69 Å². The summed E-state index contributed by atoms with van der Waals surface area (Å²) in [7, 11) is 0. The number of hydrogen-bond donors (Lipinski definition) is 1. The van der Waals surface area contributed by atoms with Crippen molar-refractivity contribution in [1.29, 1.82) is 0 Å². The molecule has 0 bridgehead atoms. The molecule has 0 radical (unpaired) electrons. The van der Waals surface area contributed by atoms with Crippen LogP contribution in [0, 0.1) is 0 Å². The van der Waals surface area contributed by atoms with E-state index in [0.29, 0.717) is 6.04 Å². The van der Waals surface area contributed by atoms with E-state index in [1.54, 1.807) is 12.7 Å². The highest BCUT2D eigenvalue weighted by Crippen LogP contribution is 2.34. The Labute approximate surface area is 142 Å². The van der Waals surface area contributed by atoms with Crippen LogP contribution in [0.15, 0.2) is 36.9 Å². The molecule has 128 valence electrons. The molecular formula is C18H24N4O2. The van der Waals surface area contributed by atoms with E-state index in [-0.39, 0.29) is 5.60 Å². The standard InChI is InChI=1S/C18H24N4O2/c1-2-4-17(22-14-19-13-21-22)15(3-1)12-20-16-5-8-24-18(11-16)6-9-23-10-7-18/h1-4,13-14,16,20H,5-12H2/t16-/m0/s1. The SMILES string of the molecule is c1ccc(-n2cncn2)c(CN[C@H]2CCOC3(CCOCC3)C2)c1. The minimum absolute atomic E-state index is 0.0274. The lowest BCUT2D eigenvalue weighted by molar-refractivity contribution is -0.140. The van der Waals surface area contributed by atoms with Crippen LogP contribution in [0.4, 0.5) is 0 Å². The van der Waals surface area contributed by atoms with E-state index >= 15 is 0 Å². The molecule has 1 aromatic heterocycles. The first-order chi connectivity index (χ1) is 11.8. The lowest BCUT2D eigenvalue weighted by Gasteiger charge is -2.43. The molecule has 1 N–H and O–H groups in total. The Morgan fingerprint density at radius 3 is 2.92 bits per heavy atom. The van der Waals surface area contributed by atoms with Crippen molar-refractivity contribution >= 4 is 0 Å². The van der Waals surface area contributed by atoms with Crippen molar-refractivity contribution in [3.8, 4) is 5.69 Å². The molecule has 1 atom stereocenters. The summed E-state index contributed by atoms with van der Waals surface area (Å²) in [5, 5.41) is 7.98. The molecule has 2 fully saturated rings. The van der Waals surface area contributed by atoms with E-state index in [2.05, 4.69) is 33.6 Å². The largest absolute Gasteiger partial charge is 0.381 e. The zero-order valence-electron chi connectivity index (χ0n) is 13.9. The normalized spacial score (nSPS) is 23.4. The van der Waals surface area contributed by atoms with Crippen molar-refractivity contribution in [1.82, 2.24) is 20.1 Å².